The van der Waals surface area contributed by atoms with Crippen molar-refractivity contribution in [3.05, 3.63) is 69.8 Å². The Morgan fingerprint density at radius 1 is 1.04 bits per heavy atom. The first-order valence-corrected chi connectivity index (χ1v) is 9.91. The molecule has 0 aliphatic heterocycles. The van der Waals surface area contributed by atoms with Crippen LogP contribution in [0.5, 0.6) is 5.75 Å². The number of hydrogen-bond donors (Lipinski definition) is 2. The first kappa shape index (κ1) is 18.7. The largest absolute Gasteiger partial charge is 0.495 e. The number of amides is 1. The molecule has 0 bridgehead atoms. The predicted molar refractivity (Wildman–Crippen MR) is 123 cm³/mol. The van der Waals surface area contributed by atoms with Gasteiger partial charge in [-0.25, -0.2) is 0 Å². The molecule has 1 heterocycles. The number of hydrogen-bond acceptors (Lipinski definition) is 4. The second-order valence-corrected chi connectivity index (χ2v) is 7.61. The number of nitrogens with one attached hydrogen (secondary N) is 2. The summed E-state index contributed by atoms with van der Waals surface area (Å²) in [4.78, 5) is 12.5. The predicted octanol–water partition coefficient (Wildman–Crippen LogP) is 5.33. The summed E-state index contributed by atoms with van der Waals surface area (Å²) in [6.07, 6.45) is 0. The highest BCUT2D eigenvalue weighted by atomic mass is 127. The fourth-order valence-electron chi connectivity index (χ4n) is 2.99. The standard InChI is InChI=1S/C21H15IN2O3S/c1-26-19-10-14-12-6-3-5-9-17(12)27-18(14)11-16(19)23-21(28)24-20(25)13-7-2-4-8-15(13)22/h2-11H,1H3,(H2,23,24,25,28). The Balaban J connectivity index is 1.61. The highest BCUT2D eigenvalue weighted by Crippen LogP contribution is 2.36. The molecule has 0 aliphatic rings. The van der Waals surface area contributed by atoms with E-state index in [4.69, 9.17) is 21.4 Å². The molecule has 1 amide bonds. The van der Waals surface area contributed by atoms with Gasteiger partial charge >= 0.3 is 0 Å². The number of carbonyl (C=O) groups is 1. The zero-order chi connectivity index (χ0) is 19.7. The molecule has 0 fully saturated rings. The van der Waals surface area contributed by atoms with Crippen molar-refractivity contribution in [2.75, 3.05) is 12.4 Å². The van der Waals surface area contributed by atoms with Gasteiger partial charge in [-0.2, -0.15) is 0 Å². The van der Waals surface area contributed by atoms with E-state index in [2.05, 4.69) is 33.2 Å². The number of anilines is 1. The molecule has 4 rings (SSSR count). The van der Waals surface area contributed by atoms with Gasteiger partial charge in [0.15, 0.2) is 5.11 Å². The minimum atomic E-state index is -0.272. The summed E-state index contributed by atoms with van der Waals surface area (Å²) in [5, 5.41) is 7.87. The zero-order valence-corrected chi connectivity index (χ0v) is 17.8. The number of ether oxygens (including phenoxy) is 1. The summed E-state index contributed by atoms with van der Waals surface area (Å²) in [5.41, 5.74) is 2.68. The maximum atomic E-state index is 12.5. The number of thiocarbonyl (C=S) groups is 1. The van der Waals surface area contributed by atoms with Crippen LogP contribution in [0.1, 0.15) is 10.4 Å². The normalized spacial score (nSPS) is 10.8. The van der Waals surface area contributed by atoms with Gasteiger partial charge in [0.05, 0.1) is 18.4 Å². The van der Waals surface area contributed by atoms with E-state index in [0.29, 0.717) is 22.6 Å². The lowest BCUT2D eigenvalue weighted by atomic mass is 10.1. The number of halogens is 1. The maximum absolute atomic E-state index is 12.5. The van der Waals surface area contributed by atoms with Crippen molar-refractivity contribution in [3.8, 4) is 5.75 Å². The lowest BCUT2D eigenvalue weighted by molar-refractivity contribution is 0.0977. The molecular weight excluding hydrogens is 487 g/mol. The van der Waals surface area contributed by atoms with Crippen LogP contribution in [0.3, 0.4) is 0 Å². The molecule has 0 radical (unpaired) electrons. The van der Waals surface area contributed by atoms with Crippen LogP contribution in [-0.2, 0) is 0 Å². The van der Waals surface area contributed by atoms with Gasteiger partial charge in [-0.1, -0.05) is 30.3 Å². The number of carbonyl (C=O) groups excluding carboxylic acids is 1. The lowest BCUT2D eigenvalue weighted by Gasteiger charge is -2.13. The molecule has 0 atom stereocenters. The zero-order valence-electron chi connectivity index (χ0n) is 14.8. The fraction of sp³-hybridized carbons (Fsp3) is 0.0476. The van der Waals surface area contributed by atoms with E-state index in [1.807, 2.05) is 54.6 Å². The van der Waals surface area contributed by atoms with Crippen LogP contribution in [0.15, 0.2) is 65.1 Å². The Hall–Kier alpha value is -2.65. The van der Waals surface area contributed by atoms with Gasteiger partial charge < -0.3 is 14.5 Å². The number of furan rings is 1. The summed E-state index contributed by atoms with van der Waals surface area (Å²) < 4.78 is 12.3. The molecule has 140 valence electrons. The Morgan fingerprint density at radius 3 is 2.57 bits per heavy atom. The number of rotatable bonds is 3. The van der Waals surface area contributed by atoms with E-state index in [1.165, 1.54) is 0 Å². The van der Waals surface area contributed by atoms with E-state index in [1.54, 1.807) is 13.2 Å². The van der Waals surface area contributed by atoms with E-state index >= 15 is 0 Å². The van der Waals surface area contributed by atoms with Gasteiger partial charge in [0.1, 0.15) is 16.9 Å². The van der Waals surface area contributed by atoms with Crippen molar-refractivity contribution in [2.24, 2.45) is 0 Å². The van der Waals surface area contributed by atoms with Gasteiger partial charge in [-0.05, 0) is 59.1 Å². The number of fused-ring (bicyclic) bond motifs is 3. The van der Waals surface area contributed by atoms with Gasteiger partial charge in [0.25, 0.3) is 5.91 Å². The SMILES string of the molecule is COc1cc2c(cc1NC(=S)NC(=O)c1ccccc1I)oc1ccccc12. The molecule has 7 heteroatoms. The Kier molecular flexibility index (Phi) is 5.19. The Bertz CT molecular complexity index is 1220. The molecular formula is C21H15IN2O3S. The molecule has 5 nitrogen and oxygen atoms in total. The smallest absolute Gasteiger partial charge is 0.258 e. The number of methoxy groups -OCH3 is 1. The maximum Gasteiger partial charge on any atom is 0.258 e. The molecule has 0 spiro atoms. The van der Waals surface area contributed by atoms with Crippen LogP contribution in [0, 0.1) is 3.57 Å². The summed E-state index contributed by atoms with van der Waals surface area (Å²) in [5.74, 6) is 0.330. The van der Waals surface area contributed by atoms with Crippen LogP contribution in [-0.4, -0.2) is 18.1 Å². The molecule has 0 saturated heterocycles. The second kappa shape index (κ2) is 7.76. The van der Waals surface area contributed by atoms with Crippen LogP contribution in [0.4, 0.5) is 5.69 Å². The summed E-state index contributed by atoms with van der Waals surface area (Å²) in [6, 6.07) is 18.8. The van der Waals surface area contributed by atoms with Crippen LogP contribution < -0.4 is 15.4 Å². The number of para-hydroxylation sites is 1. The third-order valence-corrected chi connectivity index (χ3v) is 5.44. The van der Waals surface area contributed by atoms with Gasteiger partial charge in [0.2, 0.25) is 0 Å². The van der Waals surface area contributed by atoms with E-state index < -0.39 is 0 Å². The third kappa shape index (κ3) is 3.55. The molecule has 1 aromatic heterocycles. The lowest BCUT2D eigenvalue weighted by Crippen LogP contribution is -2.34. The van der Waals surface area contributed by atoms with Crippen LogP contribution >= 0.6 is 34.8 Å². The molecule has 2 N–H and O–H groups in total. The third-order valence-electron chi connectivity index (χ3n) is 4.29. The highest BCUT2D eigenvalue weighted by Gasteiger charge is 2.15. The molecule has 28 heavy (non-hydrogen) atoms. The minimum Gasteiger partial charge on any atom is -0.495 e. The molecule has 3 aromatic carbocycles. The van der Waals surface area contributed by atoms with Crippen molar-refractivity contribution in [1.29, 1.82) is 0 Å². The summed E-state index contributed by atoms with van der Waals surface area (Å²) in [7, 11) is 1.59. The summed E-state index contributed by atoms with van der Waals surface area (Å²) in [6.45, 7) is 0. The van der Waals surface area contributed by atoms with Crippen LogP contribution in [0.25, 0.3) is 21.9 Å². The first-order chi connectivity index (χ1) is 13.6. The molecule has 0 aliphatic carbocycles. The first-order valence-electron chi connectivity index (χ1n) is 8.43. The second-order valence-electron chi connectivity index (χ2n) is 6.03. The van der Waals surface area contributed by atoms with Crippen molar-refractivity contribution < 1.29 is 13.9 Å². The van der Waals surface area contributed by atoms with Gasteiger partial charge in [-0.3, -0.25) is 10.1 Å². The number of benzene rings is 3. The highest BCUT2D eigenvalue weighted by molar-refractivity contribution is 14.1. The average molecular weight is 502 g/mol. The Labute approximate surface area is 180 Å². The molecule has 4 aromatic rings. The fourth-order valence-corrected chi connectivity index (χ4v) is 3.82. The Morgan fingerprint density at radius 2 is 1.79 bits per heavy atom. The van der Waals surface area contributed by atoms with E-state index in [-0.39, 0.29) is 11.0 Å². The van der Waals surface area contributed by atoms with E-state index in [0.717, 1.165) is 19.9 Å². The van der Waals surface area contributed by atoms with Crippen molar-refractivity contribution in [1.82, 2.24) is 5.32 Å². The minimum absolute atomic E-state index is 0.179. The summed E-state index contributed by atoms with van der Waals surface area (Å²) >= 11 is 7.43. The van der Waals surface area contributed by atoms with Crippen molar-refractivity contribution in [3.63, 3.8) is 0 Å². The van der Waals surface area contributed by atoms with Crippen molar-refractivity contribution >= 4 is 73.5 Å². The topological polar surface area (TPSA) is 63.5 Å². The monoisotopic (exact) mass is 502 g/mol. The molecule has 0 unspecified atom stereocenters. The van der Waals surface area contributed by atoms with Crippen LogP contribution in [0.2, 0.25) is 0 Å². The van der Waals surface area contributed by atoms with Gasteiger partial charge in [-0.15, -0.1) is 0 Å². The van der Waals surface area contributed by atoms with Gasteiger partial charge in [0, 0.05) is 20.4 Å². The molecule has 0 saturated carbocycles. The average Bonchev–Trinajstić information content (AvgIpc) is 3.04. The van der Waals surface area contributed by atoms with Crippen molar-refractivity contribution in [2.45, 2.75) is 0 Å². The quantitative estimate of drug-likeness (QED) is 0.293. The van der Waals surface area contributed by atoms with E-state index in [9.17, 15) is 4.79 Å².